The van der Waals surface area contributed by atoms with Crippen LogP contribution in [0.5, 0.6) is 0 Å². The van der Waals surface area contributed by atoms with E-state index in [2.05, 4.69) is 19.2 Å². The fourth-order valence-electron chi connectivity index (χ4n) is 2.45. The maximum absolute atomic E-state index is 12.4. The Hall–Kier alpha value is -1.10. The summed E-state index contributed by atoms with van der Waals surface area (Å²) in [7, 11) is 1.61. The van der Waals surface area contributed by atoms with Gasteiger partial charge in [-0.15, -0.1) is 0 Å². The molecule has 0 aromatic heterocycles. The Morgan fingerprint density at radius 1 is 1.37 bits per heavy atom. The topological polar surface area (TPSA) is 58.6 Å². The van der Waals surface area contributed by atoms with Crippen LogP contribution < -0.4 is 5.32 Å². The number of hydrogen-bond donors (Lipinski definition) is 1. The molecule has 1 N–H and O–H groups in total. The number of carbonyl (C=O) groups is 2. The van der Waals surface area contributed by atoms with Gasteiger partial charge in [-0.05, 0) is 18.8 Å². The second-order valence-corrected chi connectivity index (χ2v) is 5.52. The van der Waals surface area contributed by atoms with Gasteiger partial charge in [0.1, 0.15) is 12.1 Å². The van der Waals surface area contributed by atoms with Crippen LogP contribution >= 0.6 is 0 Å². The number of carbonyl (C=O) groups excluding carboxylic acids is 2. The van der Waals surface area contributed by atoms with E-state index in [1.54, 1.807) is 12.0 Å². The van der Waals surface area contributed by atoms with Gasteiger partial charge in [0, 0.05) is 13.7 Å². The molecule has 0 aromatic rings. The van der Waals surface area contributed by atoms with Gasteiger partial charge in [-0.25, -0.2) is 0 Å². The second-order valence-electron chi connectivity index (χ2n) is 5.52. The number of hydrogen-bond acceptors (Lipinski definition) is 3. The van der Waals surface area contributed by atoms with Gasteiger partial charge in [0.05, 0.1) is 6.61 Å². The molecule has 1 fully saturated rings. The first-order valence-corrected chi connectivity index (χ1v) is 7.11. The van der Waals surface area contributed by atoms with Gasteiger partial charge in [0.2, 0.25) is 11.8 Å². The summed E-state index contributed by atoms with van der Waals surface area (Å²) in [6, 6.07) is -0.714. The van der Waals surface area contributed by atoms with Crippen molar-refractivity contribution in [2.45, 2.75) is 52.1 Å². The Bertz CT molecular complexity index is 318. The van der Waals surface area contributed by atoms with Crippen molar-refractivity contribution in [3.05, 3.63) is 0 Å². The number of amides is 2. The molecular weight excluding hydrogens is 244 g/mol. The van der Waals surface area contributed by atoms with Crippen LogP contribution in [0.2, 0.25) is 0 Å². The van der Waals surface area contributed by atoms with Gasteiger partial charge in [-0.1, -0.05) is 27.2 Å². The molecule has 1 aliphatic heterocycles. The van der Waals surface area contributed by atoms with Crippen LogP contribution in [0.25, 0.3) is 0 Å². The number of nitrogens with zero attached hydrogens (tertiary/aromatic N) is 1. The molecule has 1 aliphatic rings. The van der Waals surface area contributed by atoms with Crippen LogP contribution in [0.1, 0.15) is 40.0 Å². The highest BCUT2D eigenvalue weighted by Gasteiger charge is 2.39. The molecule has 1 heterocycles. The first-order chi connectivity index (χ1) is 9.01. The van der Waals surface area contributed by atoms with Crippen molar-refractivity contribution in [1.29, 1.82) is 0 Å². The van der Waals surface area contributed by atoms with E-state index in [4.69, 9.17) is 4.74 Å². The predicted octanol–water partition coefficient (Wildman–Crippen LogP) is 1.17. The fourth-order valence-corrected chi connectivity index (χ4v) is 2.45. The Balaban J connectivity index is 2.83. The average molecular weight is 270 g/mol. The molecule has 2 atom stereocenters. The lowest BCUT2D eigenvalue weighted by molar-refractivity contribution is -0.150. The van der Waals surface area contributed by atoms with Crippen molar-refractivity contribution in [2.24, 2.45) is 5.92 Å². The van der Waals surface area contributed by atoms with E-state index >= 15 is 0 Å². The number of piperazine rings is 1. The molecule has 0 radical (unpaired) electrons. The van der Waals surface area contributed by atoms with E-state index in [9.17, 15) is 9.59 Å². The summed E-state index contributed by atoms with van der Waals surface area (Å²) in [4.78, 5) is 26.3. The highest BCUT2D eigenvalue weighted by molar-refractivity contribution is 5.96. The third kappa shape index (κ3) is 4.20. The Kier molecular flexibility index (Phi) is 6.28. The summed E-state index contributed by atoms with van der Waals surface area (Å²) in [5.74, 6) is 0.378. The largest absolute Gasteiger partial charge is 0.383 e. The van der Waals surface area contributed by atoms with E-state index in [-0.39, 0.29) is 23.9 Å². The van der Waals surface area contributed by atoms with Crippen molar-refractivity contribution >= 4 is 11.8 Å². The third-order valence-corrected chi connectivity index (χ3v) is 3.38. The zero-order valence-electron chi connectivity index (χ0n) is 12.4. The molecule has 2 amide bonds. The molecule has 19 heavy (non-hydrogen) atoms. The van der Waals surface area contributed by atoms with Gasteiger partial charge in [0.15, 0.2) is 0 Å². The molecule has 0 saturated carbocycles. The number of ether oxygens (including phenoxy) is 1. The van der Waals surface area contributed by atoms with Gasteiger partial charge in [-0.2, -0.15) is 0 Å². The zero-order valence-corrected chi connectivity index (χ0v) is 12.4. The van der Waals surface area contributed by atoms with E-state index < -0.39 is 0 Å². The van der Waals surface area contributed by atoms with Gasteiger partial charge in [0.25, 0.3) is 0 Å². The smallest absolute Gasteiger partial charge is 0.245 e. The molecule has 0 spiro atoms. The van der Waals surface area contributed by atoms with E-state index in [1.165, 1.54) is 0 Å². The van der Waals surface area contributed by atoms with Crippen molar-refractivity contribution in [3.8, 4) is 0 Å². The first kappa shape index (κ1) is 16.0. The normalized spacial score (nSPS) is 23.9. The van der Waals surface area contributed by atoms with Crippen molar-refractivity contribution in [2.75, 3.05) is 20.3 Å². The minimum absolute atomic E-state index is 0.0251. The average Bonchev–Trinajstić information content (AvgIpc) is 2.35. The lowest BCUT2D eigenvalue weighted by Gasteiger charge is -2.39. The molecule has 1 saturated heterocycles. The fraction of sp³-hybridized carbons (Fsp3) is 0.857. The molecule has 5 heteroatoms. The number of nitrogens with one attached hydrogen (secondary N) is 1. The van der Waals surface area contributed by atoms with Gasteiger partial charge in [-0.3, -0.25) is 9.59 Å². The van der Waals surface area contributed by atoms with Crippen molar-refractivity contribution in [1.82, 2.24) is 10.2 Å². The SMILES string of the molecule is CCCC1NC(=O)C(CC(C)C)N(CCOC)C1=O. The van der Waals surface area contributed by atoms with Crippen LogP contribution in [0, 0.1) is 5.92 Å². The number of methoxy groups -OCH3 is 1. The summed E-state index contributed by atoms with van der Waals surface area (Å²) in [6.07, 6.45) is 2.27. The third-order valence-electron chi connectivity index (χ3n) is 3.38. The Labute approximate surface area is 115 Å². The maximum Gasteiger partial charge on any atom is 0.245 e. The molecule has 0 bridgehead atoms. The number of rotatable bonds is 7. The van der Waals surface area contributed by atoms with Crippen LogP contribution in [0.15, 0.2) is 0 Å². The quantitative estimate of drug-likeness (QED) is 0.755. The summed E-state index contributed by atoms with van der Waals surface area (Å²) < 4.78 is 5.05. The highest BCUT2D eigenvalue weighted by Crippen LogP contribution is 2.19. The zero-order chi connectivity index (χ0) is 14.4. The van der Waals surface area contributed by atoms with Crippen LogP contribution in [0.3, 0.4) is 0 Å². The van der Waals surface area contributed by atoms with Crippen LogP contribution in [-0.2, 0) is 14.3 Å². The maximum atomic E-state index is 12.4. The predicted molar refractivity (Wildman–Crippen MR) is 73.7 cm³/mol. The van der Waals surface area contributed by atoms with Gasteiger partial charge < -0.3 is 15.0 Å². The minimum atomic E-state index is -0.363. The van der Waals surface area contributed by atoms with Gasteiger partial charge >= 0.3 is 0 Å². The molecule has 110 valence electrons. The first-order valence-electron chi connectivity index (χ1n) is 7.11. The second kappa shape index (κ2) is 7.48. The van der Waals surface area contributed by atoms with Crippen molar-refractivity contribution < 1.29 is 14.3 Å². The molecule has 2 unspecified atom stereocenters. The molecule has 1 rings (SSSR count). The molecule has 0 aliphatic carbocycles. The lowest BCUT2D eigenvalue weighted by atomic mass is 9.96. The summed E-state index contributed by atoms with van der Waals surface area (Å²) >= 11 is 0. The molecular formula is C14H26N2O3. The summed E-state index contributed by atoms with van der Waals surface area (Å²) in [5.41, 5.74) is 0. The van der Waals surface area contributed by atoms with Crippen LogP contribution in [0.4, 0.5) is 0 Å². The molecule has 0 aromatic carbocycles. The van der Waals surface area contributed by atoms with E-state index in [1.807, 2.05) is 6.92 Å². The summed E-state index contributed by atoms with van der Waals surface area (Å²) in [6.45, 7) is 7.08. The summed E-state index contributed by atoms with van der Waals surface area (Å²) in [5, 5.41) is 2.86. The van der Waals surface area contributed by atoms with E-state index in [0.29, 0.717) is 31.9 Å². The molecule has 5 nitrogen and oxygen atoms in total. The Morgan fingerprint density at radius 3 is 2.58 bits per heavy atom. The van der Waals surface area contributed by atoms with Crippen LogP contribution in [-0.4, -0.2) is 49.1 Å². The minimum Gasteiger partial charge on any atom is -0.383 e. The standard InChI is InChI=1S/C14H26N2O3/c1-5-6-11-14(18)16(7-8-19-4)12(9-10(2)3)13(17)15-11/h10-12H,5-9H2,1-4H3,(H,15,17). The lowest BCUT2D eigenvalue weighted by Crippen LogP contribution is -2.64. The highest BCUT2D eigenvalue weighted by atomic mass is 16.5. The van der Waals surface area contributed by atoms with Crippen molar-refractivity contribution in [3.63, 3.8) is 0 Å². The monoisotopic (exact) mass is 270 g/mol. The van der Waals surface area contributed by atoms with E-state index in [0.717, 1.165) is 6.42 Å². The Morgan fingerprint density at radius 2 is 2.05 bits per heavy atom.